The number of hydrogen-bond acceptors (Lipinski definition) is 3. The number of aryl methyl sites for hydroxylation is 1. The minimum Gasteiger partial charge on any atom is -0.352 e. The third-order valence-corrected chi connectivity index (χ3v) is 5.17. The zero-order valence-electron chi connectivity index (χ0n) is 14.6. The van der Waals surface area contributed by atoms with E-state index < -0.39 is 0 Å². The van der Waals surface area contributed by atoms with E-state index >= 15 is 0 Å². The number of aromatic nitrogens is 3. The Bertz CT molecular complexity index is 1030. The number of halogens is 2. The summed E-state index contributed by atoms with van der Waals surface area (Å²) in [6.07, 6.45) is 0.236. The van der Waals surface area contributed by atoms with Gasteiger partial charge in [-0.05, 0) is 49.0 Å². The Balaban J connectivity index is 1.65. The van der Waals surface area contributed by atoms with Gasteiger partial charge in [0.2, 0.25) is 5.91 Å². The lowest BCUT2D eigenvalue weighted by Crippen LogP contribution is -2.24. The van der Waals surface area contributed by atoms with Gasteiger partial charge in [0.1, 0.15) is 5.82 Å². The summed E-state index contributed by atoms with van der Waals surface area (Å²) >= 11 is 8.65. The first-order valence-corrected chi connectivity index (χ1v) is 9.57. The molecule has 0 aliphatic carbocycles. The van der Waals surface area contributed by atoms with Crippen LogP contribution in [-0.4, -0.2) is 20.7 Å². The van der Waals surface area contributed by atoms with Crippen LogP contribution in [0.3, 0.4) is 0 Å². The van der Waals surface area contributed by atoms with Crippen molar-refractivity contribution in [1.82, 2.24) is 20.1 Å². The Morgan fingerprint density at radius 2 is 2.15 bits per heavy atom. The molecule has 2 N–H and O–H groups in total. The van der Waals surface area contributed by atoms with Gasteiger partial charge in [-0.1, -0.05) is 39.7 Å². The molecule has 140 valence electrons. The molecule has 0 spiro atoms. The van der Waals surface area contributed by atoms with Crippen LogP contribution in [-0.2, 0) is 17.9 Å². The maximum absolute atomic E-state index is 13.3. The summed E-state index contributed by atoms with van der Waals surface area (Å²) in [5, 5.41) is 9.88. The predicted octanol–water partition coefficient (Wildman–Crippen LogP) is 4.52. The molecule has 0 atom stereocenters. The molecule has 5 nitrogen and oxygen atoms in total. The second-order valence-corrected chi connectivity index (χ2v) is 7.38. The zero-order valence-corrected chi connectivity index (χ0v) is 17.0. The van der Waals surface area contributed by atoms with Crippen LogP contribution in [0, 0.1) is 17.5 Å². The maximum atomic E-state index is 13.3. The average molecular weight is 449 g/mol. The fourth-order valence-electron chi connectivity index (χ4n) is 2.70. The van der Waals surface area contributed by atoms with Crippen molar-refractivity contribution in [2.24, 2.45) is 0 Å². The Hall–Kier alpha value is -2.32. The zero-order chi connectivity index (χ0) is 19.4. The van der Waals surface area contributed by atoms with E-state index in [9.17, 15) is 9.18 Å². The van der Waals surface area contributed by atoms with Crippen LogP contribution in [0.15, 0.2) is 46.9 Å². The molecule has 0 aliphatic rings. The lowest BCUT2D eigenvalue weighted by Gasteiger charge is -2.09. The van der Waals surface area contributed by atoms with Gasteiger partial charge in [0.25, 0.3) is 0 Å². The van der Waals surface area contributed by atoms with E-state index in [-0.39, 0.29) is 24.7 Å². The van der Waals surface area contributed by atoms with Crippen molar-refractivity contribution in [3.63, 3.8) is 0 Å². The Labute approximate surface area is 169 Å². The minimum atomic E-state index is -0.338. The monoisotopic (exact) mass is 448 g/mol. The molecule has 0 unspecified atom stereocenters. The molecule has 0 radical (unpaired) electrons. The third kappa shape index (κ3) is 4.90. The number of nitrogens with zero attached hydrogens (tertiary/aromatic N) is 2. The van der Waals surface area contributed by atoms with Gasteiger partial charge < -0.3 is 5.32 Å². The fraction of sp³-hybridized carbons (Fsp3) is 0.211. The molecule has 8 heteroatoms. The summed E-state index contributed by atoms with van der Waals surface area (Å²) in [5.74, 6) is 0.212. The quantitative estimate of drug-likeness (QED) is 0.544. The summed E-state index contributed by atoms with van der Waals surface area (Å²) in [6.45, 7) is 2.65. The van der Waals surface area contributed by atoms with Crippen molar-refractivity contribution in [2.75, 3.05) is 0 Å². The summed E-state index contributed by atoms with van der Waals surface area (Å²) < 4.78 is 16.4. The molecule has 0 saturated heterocycles. The Morgan fingerprint density at radius 1 is 1.33 bits per heavy atom. The minimum absolute atomic E-state index is 0.149. The number of amides is 1. The first kappa shape index (κ1) is 19.4. The number of aromatic amines is 1. The molecule has 3 aromatic rings. The van der Waals surface area contributed by atoms with E-state index in [1.165, 1.54) is 12.1 Å². The second-order valence-electron chi connectivity index (χ2n) is 6.14. The number of benzene rings is 2. The average Bonchev–Trinajstić information content (AvgIpc) is 3.01. The summed E-state index contributed by atoms with van der Waals surface area (Å²) in [7, 11) is 0. The molecular formula is C19H18BrFN4OS. The maximum Gasteiger partial charge on any atom is 0.222 e. The highest BCUT2D eigenvalue weighted by Gasteiger charge is 2.11. The van der Waals surface area contributed by atoms with Gasteiger partial charge in [-0.3, -0.25) is 14.5 Å². The molecule has 2 aromatic carbocycles. The van der Waals surface area contributed by atoms with Crippen LogP contribution in [0.4, 0.5) is 4.39 Å². The van der Waals surface area contributed by atoms with Crippen LogP contribution < -0.4 is 5.32 Å². The summed E-state index contributed by atoms with van der Waals surface area (Å²) in [5.41, 5.74) is 2.74. The van der Waals surface area contributed by atoms with Gasteiger partial charge in [-0.25, -0.2) is 4.39 Å². The number of carbonyl (C=O) groups is 1. The van der Waals surface area contributed by atoms with Gasteiger partial charge >= 0.3 is 0 Å². The molecular weight excluding hydrogens is 431 g/mol. The number of hydrogen-bond donors (Lipinski definition) is 2. The van der Waals surface area contributed by atoms with Gasteiger partial charge in [0.05, 0.1) is 0 Å². The summed E-state index contributed by atoms with van der Waals surface area (Å²) in [4.78, 5) is 12.2. The van der Waals surface area contributed by atoms with Gasteiger partial charge in [0.15, 0.2) is 10.6 Å². The van der Waals surface area contributed by atoms with Crippen LogP contribution in [0.25, 0.3) is 11.4 Å². The molecule has 0 aliphatic heterocycles. The number of rotatable bonds is 6. The first-order chi connectivity index (χ1) is 12.9. The highest BCUT2D eigenvalue weighted by Crippen LogP contribution is 2.19. The topological polar surface area (TPSA) is 62.7 Å². The van der Waals surface area contributed by atoms with Crippen molar-refractivity contribution in [1.29, 1.82) is 0 Å². The van der Waals surface area contributed by atoms with Crippen molar-refractivity contribution < 1.29 is 9.18 Å². The lowest BCUT2D eigenvalue weighted by molar-refractivity contribution is -0.121. The van der Waals surface area contributed by atoms with Crippen LogP contribution in [0.5, 0.6) is 0 Å². The van der Waals surface area contributed by atoms with Crippen molar-refractivity contribution in [3.05, 3.63) is 68.7 Å². The van der Waals surface area contributed by atoms with E-state index in [1.54, 1.807) is 6.07 Å². The van der Waals surface area contributed by atoms with E-state index in [2.05, 4.69) is 31.4 Å². The van der Waals surface area contributed by atoms with Crippen molar-refractivity contribution >= 4 is 34.1 Å². The van der Waals surface area contributed by atoms with E-state index in [0.717, 1.165) is 15.6 Å². The standard InChI is InChI=1S/C19H18BrFN4OS/c1-12-3-2-4-13(9-12)18-23-24-19(27)25(18)8-7-17(26)22-11-14-10-15(21)5-6-16(14)20/h2-6,9-10H,7-8,11H2,1H3,(H,22,26)(H,24,27). The van der Waals surface area contributed by atoms with Crippen LogP contribution in [0.1, 0.15) is 17.5 Å². The van der Waals surface area contributed by atoms with Crippen molar-refractivity contribution in [2.45, 2.75) is 26.4 Å². The molecule has 0 saturated carbocycles. The smallest absolute Gasteiger partial charge is 0.222 e. The lowest BCUT2D eigenvalue weighted by atomic mass is 10.1. The number of carbonyl (C=O) groups excluding carboxylic acids is 1. The number of nitrogens with one attached hydrogen (secondary N) is 2. The molecule has 1 amide bonds. The summed E-state index contributed by atoms with van der Waals surface area (Å²) in [6, 6.07) is 12.3. The highest BCUT2D eigenvalue weighted by atomic mass is 79.9. The third-order valence-electron chi connectivity index (χ3n) is 4.08. The molecule has 0 fully saturated rings. The highest BCUT2D eigenvalue weighted by molar-refractivity contribution is 9.10. The normalized spacial score (nSPS) is 10.8. The molecule has 27 heavy (non-hydrogen) atoms. The molecule has 1 aromatic heterocycles. The van der Waals surface area contributed by atoms with Crippen LogP contribution >= 0.6 is 28.1 Å². The predicted molar refractivity (Wildman–Crippen MR) is 108 cm³/mol. The fourth-order valence-corrected chi connectivity index (χ4v) is 3.31. The van der Waals surface area contributed by atoms with E-state index in [0.29, 0.717) is 22.7 Å². The number of H-pyrrole nitrogens is 1. The Morgan fingerprint density at radius 3 is 2.93 bits per heavy atom. The molecule has 1 heterocycles. The van der Waals surface area contributed by atoms with Gasteiger partial charge in [-0.2, -0.15) is 5.10 Å². The molecule has 3 rings (SSSR count). The second kappa shape index (κ2) is 8.58. The van der Waals surface area contributed by atoms with Crippen molar-refractivity contribution in [3.8, 4) is 11.4 Å². The van der Waals surface area contributed by atoms with Gasteiger partial charge in [-0.15, -0.1) is 0 Å². The van der Waals surface area contributed by atoms with Gasteiger partial charge in [0, 0.05) is 29.5 Å². The SMILES string of the molecule is Cc1cccc(-c2n[nH]c(=S)n2CCC(=O)NCc2cc(F)ccc2Br)c1. The Kier molecular flexibility index (Phi) is 6.18. The first-order valence-electron chi connectivity index (χ1n) is 8.37. The van der Waals surface area contributed by atoms with E-state index in [1.807, 2.05) is 35.8 Å². The van der Waals surface area contributed by atoms with Crippen LogP contribution in [0.2, 0.25) is 0 Å². The molecule has 0 bridgehead atoms. The largest absolute Gasteiger partial charge is 0.352 e. The van der Waals surface area contributed by atoms with E-state index in [4.69, 9.17) is 12.2 Å².